The van der Waals surface area contributed by atoms with E-state index in [1.165, 1.54) is 0 Å². The summed E-state index contributed by atoms with van der Waals surface area (Å²) >= 11 is 5.27. The predicted octanol–water partition coefficient (Wildman–Crippen LogP) is 0.615. The van der Waals surface area contributed by atoms with Gasteiger partial charge in [-0.2, -0.15) is 0 Å². The minimum Gasteiger partial charge on any atom is -0.232 e. The van der Waals surface area contributed by atoms with Gasteiger partial charge in [0.15, 0.2) is 0 Å². The monoisotopic (exact) mass is 156 g/mol. The SMILES string of the molecule is CC(CCCl)[SH](=O)=O. The van der Waals surface area contributed by atoms with Gasteiger partial charge in [-0.05, 0) is 13.3 Å². The smallest absolute Gasteiger partial charge is 0.142 e. The van der Waals surface area contributed by atoms with E-state index in [1.807, 2.05) is 0 Å². The lowest BCUT2D eigenvalue weighted by molar-refractivity contribution is 0.601. The van der Waals surface area contributed by atoms with E-state index < -0.39 is 10.7 Å². The number of alkyl halides is 1. The number of hydrogen-bond donors (Lipinski definition) is 1. The fraction of sp³-hybridized carbons (Fsp3) is 1.00. The van der Waals surface area contributed by atoms with E-state index in [0.717, 1.165) is 0 Å². The Morgan fingerprint density at radius 1 is 1.62 bits per heavy atom. The highest BCUT2D eigenvalue weighted by Crippen LogP contribution is 1.95. The summed E-state index contributed by atoms with van der Waals surface area (Å²) in [5.41, 5.74) is 0. The molecule has 0 heterocycles. The summed E-state index contributed by atoms with van der Waals surface area (Å²) in [6, 6.07) is 0. The van der Waals surface area contributed by atoms with Crippen LogP contribution in [0, 0.1) is 0 Å². The molecule has 0 fully saturated rings. The van der Waals surface area contributed by atoms with Crippen LogP contribution in [0.2, 0.25) is 0 Å². The lowest BCUT2D eigenvalue weighted by Gasteiger charge is -1.95. The molecule has 0 spiro atoms. The Balaban J connectivity index is 3.48. The summed E-state index contributed by atoms with van der Waals surface area (Å²) in [6.07, 6.45) is 0.556. The molecule has 0 saturated heterocycles. The molecule has 4 heteroatoms. The number of thiol groups is 1. The molecule has 0 aromatic heterocycles. The van der Waals surface area contributed by atoms with Crippen molar-refractivity contribution >= 4 is 22.3 Å². The van der Waals surface area contributed by atoms with Gasteiger partial charge >= 0.3 is 0 Å². The van der Waals surface area contributed by atoms with Crippen LogP contribution in [0.5, 0.6) is 0 Å². The van der Waals surface area contributed by atoms with E-state index in [0.29, 0.717) is 12.3 Å². The maximum Gasteiger partial charge on any atom is 0.142 e. The molecule has 1 atom stereocenters. The molecule has 0 aliphatic rings. The Morgan fingerprint density at radius 3 is 2.25 bits per heavy atom. The zero-order valence-electron chi connectivity index (χ0n) is 4.63. The number of rotatable bonds is 3. The average Bonchev–Trinajstić information content (AvgIpc) is 1.67. The molecule has 50 valence electrons. The van der Waals surface area contributed by atoms with Crippen LogP contribution in [-0.4, -0.2) is 19.5 Å². The standard InChI is InChI=1S/C4H9ClO2S/c1-4(2-3-5)8(6)7/h4,8H,2-3H2,1H3. The first-order valence-corrected chi connectivity index (χ1v) is 4.16. The van der Waals surface area contributed by atoms with E-state index in [2.05, 4.69) is 0 Å². The van der Waals surface area contributed by atoms with Gasteiger partial charge in [-0.15, -0.1) is 11.6 Å². The Kier molecular flexibility index (Phi) is 4.28. The summed E-state index contributed by atoms with van der Waals surface area (Å²) in [7, 11) is -2.25. The Labute approximate surface area is 55.8 Å². The Morgan fingerprint density at radius 2 is 2.12 bits per heavy atom. The normalized spacial score (nSPS) is 14.4. The van der Waals surface area contributed by atoms with Crippen LogP contribution in [0.3, 0.4) is 0 Å². The molecule has 0 aromatic carbocycles. The largest absolute Gasteiger partial charge is 0.232 e. The van der Waals surface area contributed by atoms with Gasteiger partial charge in [0, 0.05) is 5.88 Å². The third kappa shape index (κ3) is 3.27. The summed E-state index contributed by atoms with van der Waals surface area (Å²) in [4.78, 5) is 0. The highest BCUT2D eigenvalue weighted by atomic mass is 35.5. The quantitative estimate of drug-likeness (QED) is 0.480. The maximum atomic E-state index is 10.1. The van der Waals surface area contributed by atoms with Crippen molar-refractivity contribution in [2.24, 2.45) is 0 Å². The molecule has 2 nitrogen and oxygen atoms in total. The first-order valence-electron chi connectivity index (χ1n) is 2.38. The fourth-order valence-electron chi connectivity index (χ4n) is 0.263. The second-order valence-electron chi connectivity index (χ2n) is 1.61. The van der Waals surface area contributed by atoms with Crippen molar-refractivity contribution in [2.75, 3.05) is 5.88 Å². The first kappa shape index (κ1) is 8.24. The van der Waals surface area contributed by atoms with Crippen molar-refractivity contribution < 1.29 is 8.42 Å². The van der Waals surface area contributed by atoms with Crippen LogP contribution in [0.4, 0.5) is 0 Å². The average molecular weight is 157 g/mol. The van der Waals surface area contributed by atoms with Crippen molar-refractivity contribution in [3.63, 3.8) is 0 Å². The predicted molar refractivity (Wildman–Crippen MR) is 35.1 cm³/mol. The summed E-state index contributed by atoms with van der Waals surface area (Å²) < 4.78 is 20.1. The van der Waals surface area contributed by atoms with Gasteiger partial charge in [-0.1, -0.05) is 0 Å². The van der Waals surface area contributed by atoms with Gasteiger partial charge < -0.3 is 0 Å². The second-order valence-corrected chi connectivity index (χ2v) is 3.44. The van der Waals surface area contributed by atoms with Gasteiger partial charge in [0.25, 0.3) is 0 Å². The number of hydrogen-bond acceptors (Lipinski definition) is 2. The van der Waals surface area contributed by atoms with Gasteiger partial charge in [-0.25, -0.2) is 8.42 Å². The van der Waals surface area contributed by atoms with Gasteiger partial charge in [0.1, 0.15) is 10.7 Å². The molecular weight excluding hydrogens is 148 g/mol. The molecule has 0 aliphatic carbocycles. The van der Waals surface area contributed by atoms with Crippen molar-refractivity contribution in [3.8, 4) is 0 Å². The molecule has 0 amide bonds. The van der Waals surface area contributed by atoms with Crippen LogP contribution in [0.25, 0.3) is 0 Å². The van der Waals surface area contributed by atoms with Crippen molar-refractivity contribution in [3.05, 3.63) is 0 Å². The minimum absolute atomic E-state index is 0.262. The van der Waals surface area contributed by atoms with E-state index >= 15 is 0 Å². The van der Waals surface area contributed by atoms with Crippen LogP contribution < -0.4 is 0 Å². The molecule has 0 N–H and O–H groups in total. The third-order valence-electron chi connectivity index (χ3n) is 0.887. The molecule has 0 rings (SSSR count). The van der Waals surface area contributed by atoms with Gasteiger partial charge in [0.2, 0.25) is 0 Å². The van der Waals surface area contributed by atoms with Crippen LogP contribution in [-0.2, 0) is 10.7 Å². The van der Waals surface area contributed by atoms with E-state index in [1.54, 1.807) is 6.92 Å². The first-order chi connectivity index (χ1) is 3.68. The zero-order valence-corrected chi connectivity index (χ0v) is 6.28. The fourth-order valence-corrected chi connectivity index (χ4v) is 1.08. The van der Waals surface area contributed by atoms with Crippen molar-refractivity contribution in [1.29, 1.82) is 0 Å². The van der Waals surface area contributed by atoms with Crippen LogP contribution in [0.1, 0.15) is 13.3 Å². The summed E-state index contributed by atoms with van der Waals surface area (Å²) in [5.74, 6) is 0.421. The molecule has 8 heavy (non-hydrogen) atoms. The number of halogens is 1. The highest BCUT2D eigenvalue weighted by molar-refractivity contribution is 7.73. The molecule has 0 aliphatic heterocycles. The van der Waals surface area contributed by atoms with Crippen molar-refractivity contribution in [1.82, 2.24) is 0 Å². The molecule has 0 saturated carbocycles. The topological polar surface area (TPSA) is 34.1 Å². The minimum atomic E-state index is -2.25. The summed E-state index contributed by atoms with van der Waals surface area (Å²) in [6.45, 7) is 1.65. The third-order valence-corrected chi connectivity index (χ3v) is 2.08. The molecule has 0 bridgehead atoms. The molecule has 1 unspecified atom stereocenters. The van der Waals surface area contributed by atoms with Gasteiger partial charge in [-0.3, -0.25) is 0 Å². The molecule has 0 radical (unpaired) electrons. The lowest BCUT2D eigenvalue weighted by Crippen LogP contribution is -2.03. The van der Waals surface area contributed by atoms with E-state index in [-0.39, 0.29) is 5.25 Å². The van der Waals surface area contributed by atoms with Crippen LogP contribution in [0.15, 0.2) is 0 Å². The Bertz CT molecular complexity index is 113. The lowest BCUT2D eigenvalue weighted by atomic mass is 10.4. The van der Waals surface area contributed by atoms with Crippen LogP contribution >= 0.6 is 11.6 Å². The van der Waals surface area contributed by atoms with E-state index in [4.69, 9.17) is 11.6 Å². The molecular formula is C4H9ClO2S. The molecule has 0 aromatic rings. The van der Waals surface area contributed by atoms with Gasteiger partial charge in [0.05, 0.1) is 5.25 Å². The Hall–Kier alpha value is 0.240. The van der Waals surface area contributed by atoms with E-state index in [9.17, 15) is 8.42 Å². The van der Waals surface area contributed by atoms with Crippen molar-refractivity contribution in [2.45, 2.75) is 18.6 Å². The summed E-state index contributed by atoms with van der Waals surface area (Å²) in [5, 5.41) is -0.262. The highest BCUT2D eigenvalue weighted by Gasteiger charge is 2.00. The zero-order chi connectivity index (χ0) is 6.57. The second kappa shape index (κ2) is 4.15. The maximum absolute atomic E-state index is 10.1.